The molecule has 1 rings (SSSR count). The van der Waals surface area contributed by atoms with Crippen LogP contribution in [-0.4, -0.2) is 49.8 Å². The van der Waals surface area contributed by atoms with Crippen LogP contribution in [0.15, 0.2) is 24.3 Å². The van der Waals surface area contributed by atoms with Crippen molar-refractivity contribution in [1.29, 1.82) is 0 Å². The Morgan fingerprint density at radius 2 is 1.87 bits per heavy atom. The summed E-state index contributed by atoms with van der Waals surface area (Å²) in [6.07, 6.45) is -0.478. The summed E-state index contributed by atoms with van der Waals surface area (Å²) < 4.78 is 10.5. The zero-order chi connectivity index (χ0) is 17.1. The van der Waals surface area contributed by atoms with Gasteiger partial charge in [0.1, 0.15) is 5.75 Å². The Morgan fingerprint density at radius 3 is 2.48 bits per heavy atom. The smallest absolute Gasteiger partial charge is 0.239 e. The van der Waals surface area contributed by atoms with Crippen LogP contribution in [0.5, 0.6) is 5.75 Å². The molecular weight excluding hydrogens is 300 g/mol. The second-order valence-electron chi connectivity index (χ2n) is 4.95. The first kappa shape index (κ1) is 18.9. The Labute approximate surface area is 136 Å². The van der Waals surface area contributed by atoms with Crippen LogP contribution in [0.2, 0.25) is 0 Å². The normalized spacial score (nSPS) is 11.6. The van der Waals surface area contributed by atoms with E-state index in [2.05, 4.69) is 10.6 Å². The molecule has 0 saturated heterocycles. The van der Waals surface area contributed by atoms with Crippen LogP contribution in [0.1, 0.15) is 18.9 Å². The van der Waals surface area contributed by atoms with Crippen molar-refractivity contribution in [2.45, 2.75) is 26.1 Å². The average molecular weight is 324 g/mol. The maximum atomic E-state index is 11.4. The highest BCUT2D eigenvalue weighted by Crippen LogP contribution is 2.11. The second-order valence-corrected chi connectivity index (χ2v) is 4.95. The van der Waals surface area contributed by atoms with Gasteiger partial charge < -0.3 is 25.2 Å². The van der Waals surface area contributed by atoms with Gasteiger partial charge in [0, 0.05) is 13.0 Å². The molecule has 1 aromatic carbocycles. The third-order valence-electron chi connectivity index (χ3n) is 3.04. The van der Waals surface area contributed by atoms with Crippen molar-refractivity contribution >= 4 is 11.8 Å². The van der Waals surface area contributed by atoms with Gasteiger partial charge >= 0.3 is 0 Å². The molecule has 0 aliphatic rings. The lowest BCUT2D eigenvalue weighted by molar-refractivity contribution is -0.126. The van der Waals surface area contributed by atoms with E-state index < -0.39 is 6.10 Å². The summed E-state index contributed by atoms with van der Waals surface area (Å²) in [7, 11) is 1.60. The first-order chi connectivity index (χ1) is 11.0. The highest BCUT2D eigenvalue weighted by atomic mass is 16.5. The van der Waals surface area contributed by atoms with Crippen molar-refractivity contribution in [2.75, 3.05) is 26.8 Å². The molecule has 0 fully saturated rings. The number of carbonyl (C=O) groups excluding carboxylic acids is 2. The van der Waals surface area contributed by atoms with Crippen LogP contribution < -0.4 is 15.4 Å². The monoisotopic (exact) mass is 324 g/mol. The molecule has 1 unspecified atom stereocenters. The molecule has 0 bridgehead atoms. The standard InChI is InChI=1S/C16H24N2O5/c1-3-15(20)18-9-16(21)17-8-13(19)11-23-10-12-4-6-14(22-2)7-5-12/h4-7,13,19H,3,8-11H2,1-2H3,(H,17,21)(H,18,20). The fourth-order valence-corrected chi connectivity index (χ4v) is 1.69. The van der Waals surface area contributed by atoms with Gasteiger partial charge in [0.2, 0.25) is 11.8 Å². The number of ether oxygens (including phenoxy) is 2. The maximum Gasteiger partial charge on any atom is 0.239 e. The van der Waals surface area contributed by atoms with E-state index in [4.69, 9.17) is 9.47 Å². The van der Waals surface area contributed by atoms with Crippen LogP contribution in [-0.2, 0) is 20.9 Å². The number of aliphatic hydroxyl groups excluding tert-OH is 1. The minimum atomic E-state index is -0.806. The van der Waals surface area contributed by atoms with E-state index in [1.54, 1.807) is 14.0 Å². The summed E-state index contributed by atoms with van der Waals surface area (Å²) in [5.41, 5.74) is 0.962. The van der Waals surface area contributed by atoms with Gasteiger partial charge in [-0.25, -0.2) is 0 Å². The lowest BCUT2D eigenvalue weighted by atomic mass is 10.2. The molecule has 0 aliphatic carbocycles. The quantitative estimate of drug-likeness (QED) is 0.572. The molecule has 0 heterocycles. The summed E-state index contributed by atoms with van der Waals surface area (Å²) >= 11 is 0. The summed E-state index contributed by atoms with van der Waals surface area (Å²) in [5, 5.41) is 14.7. The molecule has 2 amide bonds. The van der Waals surface area contributed by atoms with E-state index in [9.17, 15) is 14.7 Å². The van der Waals surface area contributed by atoms with Gasteiger partial charge in [0.25, 0.3) is 0 Å². The largest absolute Gasteiger partial charge is 0.497 e. The van der Waals surface area contributed by atoms with Gasteiger partial charge in [-0.3, -0.25) is 9.59 Å². The van der Waals surface area contributed by atoms with E-state index in [0.29, 0.717) is 13.0 Å². The van der Waals surface area contributed by atoms with E-state index in [1.807, 2.05) is 24.3 Å². The van der Waals surface area contributed by atoms with Crippen LogP contribution in [0.25, 0.3) is 0 Å². The summed E-state index contributed by atoms with van der Waals surface area (Å²) in [6, 6.07) is 7.42. The fourth-order valence-electron chi connectivity index (χ4n) is 1.69. The zero-order valence-electron chi connectivity index (χ0n) is 13.5. The van der Waals surface area contributed by atoms with E-state index in [1.165, 1.54) is 0 Å². The van der Waals surface area contributed by atoms with Crippen molar-refractivity contribution in [2.24, 2.45) is 0 Å². The molecule has 23 heavy (non-hydrogen) atoms. The Morgan fingerprint density at radius 1 is 1.17 bits per heavy atom. The first-order valence-electron chi connectivity index (χ1n) is 7.47. The Hall–Kier alpha value is -2.12. The van der Waals surface area contributed by atoms with E-state index in [-0.39, 0.29) is 31.5 Å². The number of methoxy groups -OCH3 is 1. The van der Waals surface area contributed by atoms with Gasteiger partial charge in [-0.15, -0.1) is 0 Å². The van der Waals surface area contributed by atoms with Gasteiger partial charge in [0.15, 0.2) is 0 Å². The lowest BCUT2D eigenvalue weighted by Gasteiger charge is -2.13. The predicted molar refractivity (Wildman–Crippen MR) is 85.0 cm³/mol. The van der Waals surface area contributed by atoms with Crippen LogP contribution in [0.4, 0.5) is 0 Å². The van der Waals surface area contributed by atoms with Gasteiger partial charge in [0.05, 0.1) is 33.0 Å². The minimum absolute atomic E-state index is 0.0729. The number of benzene rings is 1. The second kappa shape index (κ2) is 10.6. The number of rotatable bonds is 10. The fraction of sp³-hybridized carbons (Fsp3) is 0.500. The molecule has 0 spiro atoms. The molecule has 0 aliphatic heterocycles. The number of amides is 2. The van der Waals surface area contributed by atoms with Crippen LogP contribution >= 0.6 is 0 Å². The van der Waals surface area contributed by atoms with Crippen LogP contribution in [0.3, 0.4) is 0 Å². The first-order valence-corrected chi connectivity index (χ1v) is 7.47. The number of aliphatic hydroxyl groups is 1. The van der Waals surface area contributed by atoms with Crippen molar-refractivity contribution in [3.63, 3.8) is 0 Å². The number of hydrogen-bond acceptors (Lipinski definition) is 5. The molecule has 7 nitrogen and oxygen atoms in total. The van der Waals surface area contributed by atoms with Crippen molar-refractivity contribution in [1.82, 2.24) is 10.6 Å². The third-order valence-corrected chi connectivity index (χ3v) is 3.04. The third kappa shape index (κ3) is 8.18. The molecule has 7 heteroatoms. The van der Waals surface area contributed by atoms with Gasteiger partial charge in [-0.05, 0) is 17.7 Å². The van der Waals surface area contributed by atoms with Gasteiger partial charge in [-0.2, -0.15) is 0 Å². The molecule has 0 saturated carbocycles. The number of carbonyl (C=O) groups is 2. The number of hydrogen-bond donors (Lipinski definition) is 3. The molecule has 1 aromatic rings. The van der Waals surface area contributed by atoms with E-state index in [0.717, 1.165) is 11.3 Å². The summed E-state index contributed by atoms with van der Waals surface area (Å²) in [6.45, 7) is 2.15. The molecule has 0 radical (unpaired) electrons. The Kier molecular flexibility index (Phi) is 8.71. The zero-order valence-corrected chi connectivity index (χ0v) is 13.5. The highest BCUT2D eigenvalue weighted by molar-refractivity contribution is 5.84. The minimum Gasteiger partial charge on any atom is -0.497 e. The molecule has 0 aromatic heterocycles. The summed E-state index contributed by atoms with van der Waals surface area (Å²) in [4.78, 5) is 22.4. The van der Waals surface area contributed by atoms with Crippen molar-refractivity contribution in [3.8, 4) is 5.75 Å². The Balaban J connectivity index is 2.14. The molecule has 3 N–H and O–H groups in total. The van der Waals surface area contributed by atoms with Crippen molar-refractivity contribution < 1.29 is 24.2 Å². The molecule has 128 valence electrons. The SMILES string of the molecule is CCC(=O)NCC(=O)NCC(O)COCc1ccc(OC)cc1. The van der Waals surface area contributed by atoms with E-state index >= 15 is 0 Å². The highest BCUT2D eigenvalue weighted by Gasteiger charge is 2.08. The predicted octanol–water partition coefficient (Wildman–Crippen LogP) is 0.215. The number of nitrogens with one attached hydrogen (secondary N) is 2. The Bertz CT molecular complexity index is 490. The molecule has 1 atom stereocenters. The van der Waals surface area contributed by atoms with Crippen LogP contribution in [0, 0.1) is 0 Å². The molecular formula is C16H24N2O5. The average Bonchev–Trinajstić information content (AvgIpc) is 2.58. The summed E-state index contributed by atoms with van der Waals surface area (Å²) in [5.74, 6) is 0.233. The van der Waals surface area contributed by atoms with Crippen molar-refractivity contribution in [3.05, 3.63) is 29.8 Å². The van der Waals surface area contributed by atoms with Gasteiger partial charge in [-0.1, -0.05) is 19.1 Å². The lowest BCUT2D eigenvalue weighted by Crippen LogP contribution is -2.40. The maximum absolute atomic E-state index is 11.4. The topological polar surface area (TPSA) is 96.9 Å².